The lowest BCUT2D eigenvalue weighted by Gasteiger charge is -2.24. The van der Waals surface area contributed by atoms with Crippen molar-refractivity contribution >= 4 is 11.9 Å². The van der Waals surface area contributed by atoms with Crippen LogP contribution in [0.25, 0.3) is 0 Å². The van der Waals surface area contributed by atoms with E-state index >= 15 is 0 Å². The van der Waals surface area contributed by atoms with E-state index in [1.807, 2.05) is 60.8 Å². The van der Waals surface area contributed by atoms with Crippen molar-refractivity contribution < 1.29 is 24.5 Å². The van der Waals surface area contributed by atoms with Gasteiger partial charge in [-0.2, -0.15) is 0 Å². The Balaban J connectivity index is 4.66. The number of aliphatic hydroxyl groups excluding tert-OH is 2. The van der Waals surface area contributed by atoms with Gasteiger partial charge in [-0.1, -0.05) is 286 Å². The standard InChI is InChI=1S/C59H105NO5/c1-4-7-10-13-16-19-22-25-28-31-34-37-40-43-46-49-52-59(64)65-55(50-47-44-41-38-35-32-29-26-23-20-17-14-11-8-5-2)53-58(63)60-56(54-61)57(62)51-48-45-42-39-36-33-30-27-24-21-18-15-12-9-6-3/h8,11,14,17,20,23,26,29,32,35,38,41,55-57,61-62H,4-7,9-10,12-13,15-16,18-19,21-22,24-25,27-28,30-31,33-34,36-37,39-40,42-54H2,1-3H3,(H,60,63)/b11-8-,17-14+,23-20+,29-26-,35-32+,41-38+. The minimum Gasteiger partial charge on any atom is -0.462 e. The third-order valence-electron chi connectivity index (χ3n) is 12.5. The Kier molecular flexibility index (Phi) is 50.1. The zero-order chi connectivity index (χ0) is 47.4. The summed E-state index contributed by atoms with van der Waals surface area (Å²) in [7, 11) is 0. The van der Waals surface area contributed by atoms with Crippen molar-refractivity contribution in [3.05, 3.63) is 72.9 Å². The van der Waals surface area contributed by atoms with Crippen LogP contribution < -0.4 is 5.32 Å². The maximum Gasteiger partial charge on any atom is 0.306 e. The van der Waals surface area contributed by atoms with E-state index in [2.05, 4.69) is 38.2 Å². The van der Waals surface area contributed by atoms with Crippen molar-refractivity contribution in [3.8, 4) is 0 Å². The molecule has 65 heavy (non-hydrogen) atoms. The van der Waals surface area contributed by atoms with Gasteiger partial charge in [-0.05, 0) is 38.5 Å². The average molecular weight is 908 g/mol. The number of ether oxygens (including phenoxy) is 1. The Morgan fingerprint density at radius 1 is 0.462 bits per heavy atom. The molecule has 0 aromatic rings. The summed E-state index contributed by atoms with van der Waals surface area (Å²) in [4.78, 5) is 26.2. The maximum atomic E-state index is 13.2. The number of esters is 1. The highest BCUT2D eigenvalue weighted by molar-refractivity contribution is 5.77. The van der Waals surface area contributed by atoms with Crippen LogP contribution in [0.1, 0.15) is 265 Å². The largest absolute Gasteiger partial charge is 0.462 e. The molecule has 6 nitrogen and oxygen atoms in total. The number of nitrogens with one attached hydrogen (secondary N) is 1. The second-order valence-corrected chi connectivity index (χ2v) is 18.8. The molecule has 0 heterocycles. The van der Waals surface area contributed by atoms with Crippen LogP contribution >= 0.6 is 0 Å². The van der Waals surface area contributed by atoms with Gasteiger partial charge in [0.1, 0.15) is 6.10 Å². The Labute approximate surface area is 402 Å². The average Bonchev–Trinajstić information content (AvgIpc) is 3.30. The minimum absolute atomic E-state index is 0.0267. The second kappa shape index (κ2) is 52.3. The lowest BCUT2D eigenvalue weighted by molar-refractivity contribution is -0.151. The Morgan fingerprint density at radius 2 is 0.831 bits per heavy atom. The first-order valence-corrected chi connectivity index (χ1v) is 27.7. The van der Waals surface area contributed by atoms with Gasteiger partial charge in [0.2, 0.25) is 5.91 Å². The molecule has 0 aromatic heterocycles. The normalized spacial score (nSPS) is 13.7. The molecule has 0 bridgehead atoms. The molecule has 0 aromatic carbocycles. The maximum absolute atomic E-state index is 13.2. The molecule has 6 heteroatoms. The number of carbonyl (C=O) groups is 2. The molecule has 0 spiro atoms. The predicted octanol–water partition coefficient (Wildman–Crippen LogP) is 17.0. The third kappa shape index (κ3) is 47.6. The van der Waals surface area contributed by atoms with Crippen molar-refractivity contribution in [1.29, 1.82) is 0 Å². The van der Waals surface area contributed by atoms with Gasteiger partial charge in [-0.15, -0.1) is 0 Å². The quantitative estimate of drug-likeness (QED) is 0.0321. The summed E-state index contributed by atoms with van der Waals surface area (Å²) in [5.74, 6) is -0.542. The fraction of sp³-hybridized carbons (Fsp3) is 0.763. The lowest BCUT2D eigenvalue weighted by atomic mass is 10.0. The molecule has 0 aliphatic heterocycles. The van der Waals surface area contributed by atoms with Crippen molar-refractivity contribution in [3.63, 3.8) is 0 Å². The number of hydrogen-bond donors (Lipinski definition) is 3. The summed E-state index contributed by atoms with van der Waals surface area (Å²) >= 11 is 0. The molecule has 0 fully saturated rings. The predicted molar refractivity (Wildman–Crippen MR) is 282 cm³/mol. The van der Waals surface area contributed by atoms with E-state index in [-0.39, 0.29) is 24.9 Å². The number of amides is 1. The number of hydrogen-bond acceptors (Lipinski definition) is 5. The smallest absolute Gasteiger partial charge is 0.306 e. The summed E-state index contributed by atoms with van der Waals surface area (Å²) in [6.07, 6.45) is 66.8. The van der Waals surface area contributed by atoms with E-state index in [0.29, 0.717) is 19.3 Å². The molecular weight excluding hydrogens is 803 g/mol. The van der Waals surface area contributed by atoms with Gasteiger partial charge in [-0.25, -0.2) is 0 Å². The summed E-state index contributed by atoms with van der Waals surface area (Å²) in [5, 5.41) is 23.8. The first-order valence-electron chi connectivity index (χ1n) is 27.7. The van der Waals surface area contributed by atoms with Crippen LogP contribution in [0.5, 0.6) is 0 Å². The first kappa shape index (κ1) is 62.3. The summed E-state index contributed by atoms with van der Waals surface area (Å²) in [6, 6.07) is -0.728. The van der Waals surface area contributed by atoms with Crippen LogP contribution in [-0.4, -0.2) is 46.9 Å². The lowest BCUT2D eigenvalue weighted by Crippen LogP contribution is -2.46. The molecule has 3 unspecified atom stereocenters. The Bertz CT molecular complexity index is 1200. The van der Waals surface area contributed by atoms with Gasteiger partial charge in [-0.3, -0.25) is 9.59 Å². The van der Waals surface area contributed by atoms with Gasteiger partial charge in [0.05, 0.1) is 25.2 Å². The monoisotopic (exact) mass is 908 g/mol. The number of carbonyl (C=O) groups excluding carboxylic acids is 2. The van der Waals surface area contributed by atoms with E-state index in [1.54, 1.807) is 0 Å². The molecule has 0 radical (unpaired) electrons. The van der Waals surface area contributed by atoms with Gasteiger partial charge in [0, 0.05) is 6.42 Å². The van der Waals surface area contributed by atoms with Crippen molar-refractivity contribution in [2.45, 2.75) is 283 Å². The van der Waals surface area contributed by atoms with Crippen LogP contribution in [0.3, 0.4) is 0 Å². The van der Waals surface area contributed by atoms with Crippen molar-refractivity contribution in [1.82, 2.24) is 5.32 Å². The first-order chi connectivity index (χ1) is 32.0. The SMILES string of the molecule is CC\C=C/C=C/C=C/C=C\C=C\C=C\CCCC(CC(=O)NC(CO)C(O)CCCCCCCCCCCCCCCCC)OC(=O)CCCCCCCCCCCCCCCCCC. The zero-order valence-electron chi connectivity index (χ0n) is 42.9. The topological polar surface area (TPSA) is 95.9 Å². The van der Waals surface area contributed by atoms with Gasteiger partial charge >= 0.3 is 5.97 Å². The van der Waals surface area contributed by atoms with Crippen LogP contribution in [0, 0.1) is 0 Å². The Hall–Kier alpha value is -2.70. The molecule has 1 amide bonds. The van der Waals surface area contributed by atoms with Crippen molar-refractivity contribution in [2.24, 2.45) is 0 Å². The molecule has 3 N–H and O–H groups in total. The molecule has 376 valence electrons. The van der Waals surface area contributed by atoms with Crippen LogP contribution in [0.4, 0.5) is 0 Å². The van der Waals surface area contributed by atoms with Gasteiger partial charge in [0.25, 0.3) is 0 Å². The van der Waals surface area contributed by atoms with Gasteiger partial charge < -0.3 is 20.3 Å². The molecule has 0 saturated carbocycles. The minimum atomic E-state index is -0.810. The molecule has 0 saturated heterocycles. The number of unbranched alkanes of at least 4 members (excludes halogenated alkanes) is 30. The van der Waals surface area contributed by atoms with Crippen molar-refractivity contribution in [2.75, 3.05) is 6.61 Å². The highest BCUT2D eigenvalue weighted by Gasteiger charge is 2.24. The fourth-order valence-corrected chi connectivity index (χ4v) is 8.29. The van der Waals surface area contributed by atoms with E-state index in [0.717, 1.165) is 57.8 Å². The van der Waals surface area contributed by atoms with Crippen LogP contribution in [-0.2, 0) is 14.3 Å². The fourth-order valence-electron chi connectivity index (χ4n) is 8.29. The Morgan fingerprint density at radius 3 is 1.23 bits per heavy atom. The van der Waals surface area contributed by atoms with E-state index < -0.39 is 18.2 Å². The molecule has 3 atom stereocenters. The van der Waals surface area contributed by atoms with Crippen LogP contribution in [0.15, 0.2) is 72.9 Å². The second-order valence-electron chi connectivity index (χ2n) is 18.8. The van der Waals surface area contributed by atoms with E-state index in [1.165, 1.54) is 161 Å². The molecule has 0 aliphatic carbocycles. The highest BCUT2D eigenvalue weighted by Crippen LogP contribution is 2.18. The molecule has 0 aliphatic rings. The van der Waals surface area contributed by atoms with Crippen LogP contribution in [0.2, 0.25) is 0 Å². The highest BCUT2D eigenvalue weighted by atomic mass is 16.5. The number of aliphatic hydroxyl groups is 2. The summed E-state index contributed by atoms with van der Waals surface area (Å²) < 4.78 is 5.91. The summed E-state index contributed by atoms with van der Waals surface area (Å²) in [5.41, 5.74) is 0. The number of rotatable bonds is 49. The zero-order valence-corrected chi connectivity index (χ0v) is 42.9. The van der Waals surface area contributed by atoms with E-state index in [9.17, 15) is 19.8 Å². The number of allylic oxidation sites excluding steroid dienone is 12. The summed E-state index contributed by atoms with van der Waals surface area (Å²) in [6.45, 7) is 6.34. The van der Waals surface area contributed by atoms with Gasteiger partial charge in [0.15, 0.2) is 0 Å². The third-order valence-corrected chi connectivity index (χ3v) is 12.5. The molecular formula is C59H105NO5. The molecule has 0 rings (SSSR count). The van der Waals surface area contributed by atoms with E-state index in [4.69, 9.17) is 4.74 Å².